The van der Waals surface area contributed by atoms with Crippen LogP contribution in [0.4, 0.5) is 0 Å². The molecule has 1 unspecified atom stereocenters. The first-order valence-corrected chi connectivity index (χ1v) is 6.92. The summed E-state index contributed by atoms with van der Waals surface area (Å²) in [7, 11) is 3.52. The van der Waals surface area contributed by atoms with E-state index in [9.17, 15) is 4.79 Å². The molecule has 0 bridgehead atoms. The van der Waals surface area contributed by atoms with Gasteiger partial charge in [0, 0.05) is 18.3 Å². The lowest BCUT2D eigenvalue weighted by molar-refractivity contribution is -0.121. The van der Waals surface area contributed by atoms with E-state index in [0.717, 1.165) is 22.6 Å². The zero-order valence-corrected chi connectivity index (χ0v) is 12.9. The monoisotopic (exact) mass is 287 g/mol. The van der Waals surface area contributed by atoms with Crippen LogP contribution in [0.5, 0.6) is 5.75 Å². The third-order valence-corrected chi connectivity index (χ3v) is 3.64. The second-order valence-electron chi connectivity index (χ2n) is 5.12. The van der Waals surface area contributed by atoms with Gasteiger partial charge in [0.25, 0.3) is 0 Å². The molecule has 2 aromatic rings. The van der Waals surface area contributed by atoms with Crippen molar-refractivity contribution in [3.63, 3.8) is 0 Å². The summed E-state index contributed by atoms with van der Waals surface area (Å²) < 4.78 is 6.91. The van der Waals surface area contributed by atoms with Crippen molar-refractivity contribution >= 4 is 5.91 Å². The average Bonchev–Trinajstić information content (AvgIpc) is 2.79. The first kappa shape index (κ1) is 15.1. The van der Waals surface area contributed by atoms with Crippen molar-refractivity contribution in [1.82, 2.24) is 15.1 Å². The van der Waals surface area contributed by atoms with Gasteiger partial charge in [0.05, 0.1) is 25.8 Å². The van der Waals surface area contributed by atoms with E-state index in [4.69, 9.17) is 4.74 Å². The molecule has 21 heavy (non-hydrogen) atoms. The van der Waals surface area contributed by atoms with Crippen LogP contribution in [0.15, 0.2) is 30.5 Å². The lowest BCUT2D eigenvalue weighted by atomic mass is 10.1. The molecule has 0 spiro atoms. The van der Waals surface area contributed by atoms with Gasteiger partial charge in [-0.25, -0.2) is 0 Å². The Morgan fingerprint density at radius 3 is 2.57 bits per heavy atom. The van der Waals surface area contributed by atoms with E-state index in [1.54, 1.807) is 13.3 Å². The van der Waals surface area contributed by atoms with Crippen molar-refractivity contribution in [3.05, 3.63) is 47.3 Å². The molecular formula is C16H21N3O2. The Balaban J connectivity index is 1.96. The number of aromatic nitrogens is 2. The summed E-state index contributed by atoms with van der Waals surface area (Å²) in [6.07, 6.45) is 2.15. The molecule has 112 valence electrons. The van der Waals surface area contributed by atoms with E-state index in [-0.39, 0.29) is 11.9 Å². The smallest absolute Gasteiger partial charge is 0.224 e. The van der Waals surface area contributed by atoms with Gasteiger partial charge < -0.3 is 10.1 Å². The fourth-order valence-electron chi connectivity index (χ4n) is 2.24. The molecule has 1 aromatic heterocycles. The van der Waals surface area contributed by atoms with E-state index in [0.29, 0.717) is 6.42 Å². The molecule has 0 aliphatic heterocycles. The topological polar surface area (TPSA) is 56.1 Å². The number of ether oxygens (including phenoxy) is 1. The summed E-state index contributed by atoms with van der Waals surface area (Å²) in [5, 5.41) is 7.20. The molecule has 1 atom stereocenters. The fraction of sp³-hybridized carbons (Fsp3) is 0.375. The first-order chi connectivity index (χ1) is 10.0. The van der Waals surface area contributed by atoms with Gasteiger partial charge in [0.15, 0.2) is 0 Å². The van der Waals surface area contributed by atoms with Gasteiger partial charge in [-0.2, -0.15) is 5.10 Å². The van der Waals surface area contributed by atoms with E-state index in [2.05, 4.69) is 10.4 Å². The fourth-order valence-corrected chi connectivity index (χ4v) is 2.24. The molecule has 0 fully saturated rings. The van der Waals surface area contributed by atoms with Gasteiger partial charge in [0.1, 0.15) is 5.75 Å². The highest BCUT2D eigenvalue weighted by Crippen LogP contribution is 2.16. The number of benzene rings is 1. The number of carbonyl (C=O) groups excluding carboxylic acids is 1. The zero-order chi connectivity index (χ0) is 15.4. The number of methoxy groups -OCH3 is 1. The van der Waals surface area contributed by atoms with E-state index in [1.165, 1.54) is 0 Å². The number of nitrogens with zero attached hydrogens (tertiary/aromatic N) is 2. The highest BCUT2D eigenvalue weighted by atomic mass is 16.5. The molecule has 1 heterocycles. The van der Waals surface area contributed by atoms with E-state index < -0.39 is 0 Å². The SMILES string of the molecule is COc1ccc(CC(=O)NC(C)c2cnn(C)c2C)cc1. The van der Waals surface area contributed by atoms with Gasteiger partial charge in [-0.1, -0.05) is 12.1 Å². The van der Waals surface area contributed by atoms with Gasteiger partial charge in [-0.3, -0.25) is 9.48 Å². The summed E-state index contributed by atoms with van der Waals surface area (Å²) in [5.74, 6) is 0.787. The minimum atomic E-state index is -0.0514. The molecule has 5 nitrogen and oxygen atoms in total. The maximum Gasteiger partial charge on any atom is 0.224 e. The number of aryl methyl sites for hydroxylation is 1. The highest BCUT2D eigenvalue weighted by molar-refractivity contribution is 5.79. The normalized spacial score (nSPS) is 12.0. The Hall–Kier alpha value is -2.30. The average molecular weight is 287 g/mol. The molecule has 1 N–H and O–H groups in total. The minimum Gasteiger partial charge on any atom is -0.497 e. The maximum atomic E-state index is 12.1. The number of carbonyl (C=O) groups is 1. The lowest BCUT2D eigenvalue weighted by Crippen LogP contribution is -2.28. The lowest BCUT2D eigenvalue weighted by Gasteiger charge is -2.14. The summed E-state index contributed by atoms with van der Waals surface area (Å²) in [6, 6.07) is 7.47. The van der Waals surface area contributed by atoms with E-state index >= 15 is 0 Å². The molecule has 0 radical (unpaired) electrons. The van der Waals surface area contributed by atoms with Crippen LogP contribution in [0.25, 0.3) is 0 Å². The summed E-state index contributed by atoms with van der Waals surface area (Å²) >= 11 is 0. The predicted molar refractivity (Wildman–Crippen MR) is 81.2 cm³/mol. The number of nitrogens with one attached hydrogen (secondary N) is 1. The van der Waals surface area contributed by atoms with E-state index in [1.807, 2.05) is 49.8 Å². The second-order valence-corrected chi connectivity index (χ2v) is 5.12. The van der Waals surface area contributed by atoms with Crippen LogP contribution in [-0.2, 0) is 18.3 Å². The minimum absolute atomic E-state index is 0.00378. The Kier molecular flexibility index (Phi) is 4.62. The van der Waals surface area contributed by atoms with Crippen molar-refractivity contribution in [2.45, 2.75) is 26.3 Å². The Labute approximate surface area is 124 Å². The number of hydrogen-bond acceptors (Lipinski definition) is 3. The van der Waals surface area contributed by atoms with Crippen molar-refractivity contribution < 1.29 is 9.53 Å². The predicted octanol–water partition coefficient (Wildman–Crippen LogP) is 2.16. The van der Waals surface area contributed by atoms with Crippen LogP contribution in [0.2, 0.25) is 0 Å². The molecule has 0 saturated carbocycles. The second kappa shape index (κ2) is 6.43. The van der Waals surface area contributed by atoms with Crippen molar-refractivity contribution in [3.8, 4) is 5.75 Å². The number of hydrogen-bond donors (Lipinski definition) is 1. The summed E-state index contributed by atoms with van der Waals surface area (Å²) in [6.45, 7) is 3.96. The molecule has 1 amide bonds. The van der Waals surface area contributed by atoms with Crippen molar-refractivity contribution in [2.24, 2.45) is 7.05 Å². The first-order valence-electron chi connectivity index (χ1n) is 6.92. The van der Waals surface area contributed by atoms with Gasteiger partial charge in [-0.15, -0.1) is 0 Å². The number of rotatable bonds is 5. The van der Waals surface area contributed by atoms with Crippen LogP contribution in [-0.4, -0.2) is 22.8 Å². The molecule has 0 aliphatic carbocycles. The molecule has 0 saturated heterocycles. The standard InChI is InChI=1S/C16H21N3O2/c1-11(15-10-17-19(3)12(15)2)18-16(20)9-13-5-7-14(21-4)8-6-13/h5-8,10-11H,9H2,1-4H3,(H,18,20). The van der Waals surface area contributed by atoms with Crippen LogP contribution < -0.4 is 10.1 Å². The Morgan fingerprint density at radius 2 is 2.05 bits per heavy atom. The Bertz CT molecular complexity index is 617. The van der Waals surface area contributed by atoms with Gasteiger partial charge >= 0.3 is 0 Å². The summed E-state index contributed by atoms with van der Waals surface area (Å²) in [5.41, 5.74) is 3.07. The third kappa shape index (κ3) is 3.62. The van der Waals surface area contributed by atoms with Crippen LogP contribution >= 0.6 is 0 Å². The number of amides is 1. The van der Waals surface area contributed by atoms with Crippen LogP contribution in [0, 0.1) is 6.92 Å². The zero-order valence-electron chi connectivity index (χ0n) is 12.9. The van der Waals surface area contributed by atoms with Gasteiger partial charge in [-0.05, 0) is 31.5 Å². The van der Waals surface area contributed by atoms with Crippen molar-refractivity contribution in [2.75, 3.05) is 7.11 Å². The third-order valence-electron chi connectivity index (χ3n) is 3.64. The Morgan fingerprint density at radius 1 is 1.38 bits per heavy atom. The highest BCUT2D eigenvalue weighted by Gasteiger charge is 2.14. The molecule has 5 heteroatoms. The largest absolute Gasteiger partial charge is 0.497 e. The molecule has 0 aliphatic rings. The van der Waals surface area contributed by atoms with Gasteiger partial charge in [0.2, 0.25) is 5.91 Å². The van der Waals surface area contributed by atoms with Crippen LogP contribution in [0.1, 0.15) is 29.8 Å². The van der Waals surface area contributed by atoms with Crippen molar-refractivity contribution in [1.29, 1.82) is 0 Å². The van der Waals surface area contributed by atoms with Crippen LogP contribution in [0.3, 0.4) is 0 Å². The maximum absolute atomic E-state index is 12.1. The quantitative estimate of drug-likeness (QED) is 0.917. The summed E-state index contributed by atoms with van der Waals surface area (Å²) in [4.78, 5) is 12.1. The molecular weight excluding hydrogens is 266 g/mol. The molecule has 2 rings (SSSR count). The molecule has 1 aromatic carbocycles.